The molecule has 3 aliphatic heterocycles. The van der Waals surface area contributed by atoms with Crippen molar-refractivity contribution in [1.29, 1.82) is 0 Å². The molecule has 4 heterocycles. The topological polar surface area (TPSA) is 104 Å². The summed E-state index contributed by atoms with van der Waals surface area (Å²) < 4.78 is 42.8. The van der Waals surface area contributed by atoms with Gasteiger partial charge in [0.2, 0.25) is 10.0 Å². The van der Waals surface area contributed by atoms with Crippen molar-refractivity contribution in [3.05, 3.63) is 64.3 Å². The number of carbonyl (C=O) groups excluding carboxylic acids is 1. The van der Waals surface area contributed by atoms with Crippen molar-refractivity contribution in [2.75, 3.05) is 64.4 Å². The third-order valence-electron chi connectivity index (χ3n) is 13.0. The summed E-state index contributed by atoms with van der Waals surface area (Å²) in [5.74, 6) is 0.793. The van der Waals surface area contributed by atoms with Gasteiger partial charge in [-0.3, -0.25) is 14.6 Å². The van der Waals surface area contributed by atoms with E-state index in [9.17, 15) is 13.2 Å². The lowest BCUT2D eigenvalue weighted by molar-refractivity contribution is -0.0961. The van der Waals surface area contributed by atoms with E-state index in [1.807, 2.05) is 20.1 Å². The number of allylic oxidation sites excluding steroid dienone is 1. The third kappa shape index (κ3) is 7.25. The number of hydrogen-bond donors (Lipinski definition) is 1. The van der Waals surface area contributed by atoms with Crippen LogP contribution in [0, 0.1) is 17.8 Å². The van der Waals surface area contributed by atoms with Crippen LogP contribution in [-0.2, 0) is 26.6 Å². The minimum absolute atomic E-state index is 0.0616. The summed E-state index contributed by atoms with van der Waals surface area (Å²) in [7, 11) is -2.14. The molecular weight excluding hydrogens is 698 g/mol. The second-order valence-corrected chi connectivity index (χ2v) is 18.9. The van der Waals surface area contributed by atoms with E-state index in [1.165, 1.54) is 11.1 Å². The number of fused-ring (bicyclic) bond motifs is 4. The summed E-state index contributed by atoms with van der Waals surface area (Å²) in [6, 6.07) is 10.1. The maximum atomic E-state index is 13.6. The Balaban J connectivity index is 1.29. The van der Waals surface area contributed by atoms with Crippen molar-refractivity contribution in [3.63, 3.8) is 0 Å². The van der Waals surface area contributed by atoms with Gasteiger partial charge in [-0.05, 0) is 112 Å². The highest BCUT2D eigenvalue weighted by atomic mass is 35.5. The van der Waals surface area contributed by atoms with Gasteiger partial charge in [-0.2, -0.15) is 0 Å². The zero-order valence-corrected chi connectivity index (χ0v) is 33.0. The molecule has 2 aromatic rings. The van der Waals surface area contributed by atoms with Gasteiger partial charge in [-0.1, -0.05) is 36.7 Å². The Hall–Kier alpha value is -2.70. The third-order valence-corrected chi connectivity index (χ3v) is 15.2. The van der Waals surface area contributed by atoms with E-state index in [0.29, 0.717) is 43.1 Å². The molecule has 2 aliphatic carbocycles. The number of halogens is 1. The smallest absolute Gasteiger partial charge is 0.283 e. The highest BCUT2D eigenvalue weighted by molar-refractivity contribution is 7.90. The molecule has 1 aromatic heterocycles. The summed E-state index contributed by atoms with van der Waals surface area (Å²) in [4.78, 5) is 25.9. The molecule has 2 fully saturated rings. The van der Waals surface area contributed by atoms with E-state index in [0.717, 1.165) is 76.4 Å². The molecule has 1 aromatic carbocycles. The second-order valence-electron chi connectivity index (χ2n) is 16.4. The number of nitrogens with zero attached hydrogens (tertiary/aromatic N) is 4. The molecule has 1 N–H and O–H groups in total. The molecule has 5 aliphatic rings. The van der Waals surface area contributed by atoms with Crippen LogP contribution >= 0.6 is 11.6 Å². The van der Waals surface area contributed by atoms with Gasteiger partial charge in [0.25, 0.3) is 5.91 Å². The molecule has 2 bridgehead atoms. The van der Waals surface area contributed by atoms with E-state index in [-0.39, 0.29) is 22.9 Å². The van der Waals surface area contributed by atoms with E-state index in [2.05, 4.69) is 57.6 Å². The molecule has 1 amide bonds. The predicted molar refractivity (Wildman–Crippen MR) is 206 cm³/mol. The van der Waals surface area contributed by atoms with E-state index >= 15 is 0 Å². The first-order valence-electron chi connectivity index (χ1n) is 19.3. The largest absolute Gasteiger partial charge is 0.489 e. The number of piperazine rings is 1. The first-order valence-corrected chi connectivity index (χ1v) is 21.2. The summed E-state index contributed by atoms with van der Waals surface area (Å²) in [6.45, 7) is 14.8. The molecule has 1 saturated carbocycles. The fourth-order valence-electron chi connectivity index (χ4n) is 9.44. The number of methoxy groups -OCH3 is 1. The zero-order chi connectivity index (χ0) is 36.8. The zero-order valence-electron chi connectivity index (χ0n) is 31.4. The summed E-state index contributed by atoms with van der Waals surface area (Å²) in [6.07, 6.45) is 9.96. The maximum Gasteiger partial charge on any atom is 0.283 e. The van der Waals surface area contributed by atoms with Crippen molar-refractivity contribution in [2.24, 2.45) is 17.8 Å². The molecule has 52 heavy (non-hydrogen) atoms. The highest BCUT2D eigenvalue weighted by Gasteiger charge is 2.50. The quantitative estimate of drug-likeness (QED) is 0.395. The molecular formula is C40H56ClN5O5S. The van der Waals surface area contributed by atoms with E-state index in [1.54, 1.807) is 19.1 Å². The van der Waals surface area contributed by atoms with Crippen LogP contribution in [0.5, 0.6) is 5.75 Å². The van der Waals surface area contributed by atoms with E-state index < -0.39 is 26.8 Å². The SMILES string of the molecule is CO[C@@]1(CN2CCN(C(C)C)CC2)/C=C/C[C@H](C)[C@@H](C)S(=O)(=O)NC(=O)c2ccc3c(n2)N(C[C@@H]2CC[C@H]21)C[C@@]1(CCCc2cc(Cl)ccc21)CO3. The van der Waals surface area contributed by atoms with Crippen molar-refractivity contribution in [3.8, 4) is 5.75 Å². The van der Waals surface area contributed by atoms with Crippen LogP contribution in [0.15, 0.2) is 42.5 Å². The van der Waals surface area contributed by atoms with Gasteiger partial charge in [0, 0.05) is 69.4 Å². The van der Waals surface area contributed by atoms with Gasteiger partial charge in [0.05, 0.1) is 11.9 Å². The number of amides is 1. The Kier molecular flexibility index (Phi) is 10.7. The lowest BCUT2D eigenvalue weighted by Gasteiger charge is -2.52. The number of sulfonamides is 1. The van der Waals surface area contributed by atoms with Crippen LogP contribution < -0.4 is 14.4 Å². The van der Waals surface area contributed by atoms with Crippen molar-refractivity contribution in [1.82, 2.24) is 19.5 Å². The van der Waals surface area contributed by atoms with Crippen molar-refractivity contribution >= 4 is 33.3 Å². The number of ether oxygens (including phenoxy) is 2. The standard InChI is InChI=1S/C40H56ClN5O5S/c1-27(2)45-20-18-44(19-21-45)25-40(50-5)17-6-8-28(3)29(4)52(48,49)43-38(47)35-14-15-36-37(42-35)46(23-31-10-12-34(31)40)24-39(26-51-36)16-7-9-30-22-32(41)11-13-33(30)39/h6,11,13-15,17,22,27-29,31,34H,7-10,12,16,18-21,23-26H2,1-5H3,(H,43,47)/b17-6+/t28-,29+,31-,34+,39-,40+/m0/s1. The van der Waals surface area contributed by atoms with Crippen LogP contribution in [0.4, 0.5) is 5.82 Å². The average molecular weight is 754 g/mol. The van der Waals surface area contributed by atoms with Crippen molar-refractivity contribution in [2.45, 2.75) is 88.5 Å². The number of aromatic nitrogens is 1. The van der Waals surface area contributed by atoms with Gasteiger partial charge >= 0.3 is 0 Å². The highest BCUT2D eigenvalue weighted by Crippen LogP contribution is 2.49. The van der Waals surface area contributed by atoms with Gasteiger partial charge in [0.1, 0.15) is 11.3 Å². The number of nitrogens with one attached hydrogen (secondary N) is 1. The molecule has 284 valence electrons. The van der Waals surface area contributed by atoms with Gasteiger partial charge in [-0.25, -0.2) is 18.1 Å². The normalized spacial score (nSPS) is 33.3. The number of rotatable bonds is 4. The lowest BCUT2D eigenvalue weighted by Crippen LogP contribution is -2.59. The Bertz CT molecular complexity index is 1780. The molecule has 10 nitrogen and oxygen atoms in total. The van der Waals surface area contributed by atoms with Crippen LogP contribution in [0.3, 0.4) is 0 Å². The number of pyridine rings is 1. The number of benzene rings is 1. The molecule has 12 heteroatoms. The summed E-state index contributed by atoms with van der Waals surface area (Å²) >= 11 is 6.49. The minimum Gasteiger partial charge on any atom is -0.489 e. The predicted octanol–water partition coefficient (Wildman–Crippen LogP) is 5.69. The number of anilines is 1. The van der Waals surface area contributed by atoms with Gasteiger partial charge < -0.3 is 14.4 Å². The Morgan fingerprint density at radius 3 is 2.62 bits per heavy atom. The first kappa shape index (κ1) is 37.6. The average Bonchev–Trinajstić information content (AvgIpc) is 3.25. The number of carbonyl (C=O) groups is 1. The molecule has 7 rings (SSSR count). The maximum absolute atomic E-state index is 13.6. The summed E-state index contributed by atoms with van der Waals surface area (Å²) in [5.41, 5.74) is 1.74. The van der Waals surface area contributed by atoms with Crippen LogP contribution in [0.1, 0.15) is 81.4 Å². The monoisotopic (exact) mass is 753 g/mol. The lowest BCUT2D eigenvalue weighted by atomic mass is 9.63. The minimum atomic E-state index is -3.99. The molecule has 1 spiro atoms. The van der Waals surface area contributed by atoms with Crippen LogP contribution in [0.25, 0.3) is 0 Å². The van der Waals surface area contributed by atoms with Crippen molar-refractivity contribution < 1.29 is 22.7 Å². The van der Waals surface area contributed by atoms with Crippen LogP contribution in [-0.4, -0.2) is 106 Å². The van der Waals surface area contributed by atoms with Crippen LogP contribution in [0.2, 0.25) is 5.02 Å². The van der Waals surface area contributed by atoms with E-state index in [4.69, 9.17) is 26.1 Å². The number of hydrogen-bond acceptors (Lipinski definition) is 9. The molecule has 0 radical (unpaired) electrons. The molecule has 6 atom stereocenters. The summed E-state index contributed by atoms with van der Waals surface area (Å²) in [5, 5.41) is -0.0616. The number of aryl methyl sites for hydroxylation is 1. The Morgan fingerprint density at radius 1 is 1.12 bits per heavy atom. The molecule has 1 saturated heterocycles. The second kappa shape index (κ2) is 14.9. The first-order chi connectivity index (χ1) is 24.8. The Morgan fingerprint density at radius 2 is 1.90 bits per heavy atom. The fourth-order valence-corrected chi connectivity index (χ4v) is 10.9. The molecule has 0 unspecified atom stereocenters. The Labute approximate surface area is 315 Å². The fraction of sp³-hybridized carbons (Fsp3) is 0.650. The van der Waals surface area contributed by atoms with Gasteiger partial charge in [-0.15, -0.1) is 0 Å². The van der Waals surface area contributed by atoms with Gasteiger partial charge in [0.15, 0.2) is 11.6 Å².